The number of halogens is 2. The van der Waals surface area contributed by atoms with E-state index >= 15 is 0 Å². The van der Waals surface area contributed by atoms with Gasteiger partial charge in [-0.05, 0) is 40.2 Å². The highest BCUT2D eigenvalue weighted by Crippen LogP contribution is 2.26. The molecule has 1 amide bonds. The van der Waals surface area contributed by atoms with Crippen LogP contribution in [0.4, 0.5) is 11.4 Å². The molecular weight excluding hydrogens is 386 g/mol. The molecule has 1 heterocycles. The smallest absolute Gasteiger partial charge is 0.256 e. The summed E-state index contributed by atoms with van der Waals surface area (Å²) in [5, 5.41) is 2.88. The summed E-state index contributed by atoms with van der Waals surface area (Å²) in [6.07, 6.45) is 3.33. The maximum Gasteiger partial charge on any atom is 0.256 e. The molecule has 1 aromatic heterocycles. The van der Waals surface area contributed by atoms with Gasteiger partial charge >= 0.3 is 0 Å². The maximum absolute atomic E-state index is 12.4. The number of anilines is 2. The zero-order valence-electron chi connectivity index (χ0n) is 11.0. The Hall–Kier alpha value is -1.40. The molecule has 0 unspecified atom stereocenters. The number of pyridine rings is 1. The van der Waals surface area contributed by atoms with Gasteiger partial charge in [0, 0.05) is 29.2 Å². The highest BCUT2D eigenvalue weighted by molar-refractivity contribution is 9.11. The first kappa shape index (κ1) is 15.0. The fourth-order valence-corrected chi connectivity index (χ4v) is 2.52. The van der Waals surface area contributed by atoms with Gasteiger partial charge < -0.3 is 10.2 Å². The Bertz CT molecular complexity index is 644. The number of rotatable bonds is 3. The molecule has 0 bridgehead atoms. The van der Waals surface area contributed by atoms with Crippen LogP contribution in [0.1, 0.15) is 10.4 Å². The molecular formula is C14H13Br2N3O. The van der Waals surface area contributed by atoms with Gasteiger partial charge in [-0.1, -0.05) is 15.9 Å². The summed E-state index contributed by atoms with van der Waals surface area (Å²) in [7, 11) is 3.83. The van der Waals surface area contributed by atoms with E-state index in [0.29, 0.717) is 11.3 Å². The number of nitrogens with one attached hydrogen (secondary N) is 1. The predicted molar refractivity (Wildman–Crippen MR) is 88.4 cm³/mol. The van der Waals surface area contributed by atoms with Crippen LogP contribution in [0.5, 0.6) is 0 Å². The van der Waals surface area contributed by atoms with Gasteiger partial charge in [-0.3, -0.25) is 9.78 Å². The third kappa shape index (κ3) is 3.37. The zero-order chi connectivity index (χ0) is 14.7. The SMILES string of the molecule is CN(C)c1ccncc1NC(=O)c1cc(Br)ccc1Br. The van der Waals surface area contributed by atoms with E-state index in [0.717, 1.165) is 14.6 Å². The number of amides is 1. The number of hydrogen-bond donors (Lipinski definition) is 1. The number of carbonyl (C=O) groups excluding carboxylic acids is 1. The summed E-state index contributed by atoms with van der Waals surface area (Å²) < 4.78 is 1.60. The molecule has 1 N–H and O–H groups in total. The molecule has 0 aliphatic rings. The molecule has 20 heavy (non-hydrogen) atoms. The average molecular weight is 399 g/mol. The van der Waals surface area contributed by atoms with Crippen molar-refractivity contribution in [2.24, 2.45) is 0 Å². The molecule has 0 aliphatic heterocycles. The quantitative estimate of drug-likeness (QED) is 0.851. The van der Waals surface area contributed by atoms with Crippen LogP contribution in [0.2, 0.25) is 0 Å². The first-order valence-electron chi connectivity index (χ1n) is 5.87. The van der Waals surface area contributed by atoms with Crippen molar-refractivity contribution < 1.29 is 4.79 Å². The molecule has 0 fully saturated rings. The molecule has 2 rings (SSSR count). The lowest BCUT2D eigenvalue weighted by atomic mass is 10.2. The van der Waals surface area contributed by atoms with Crippen molar-refractivity contribution in [3.8, 4) is 0 Å². The molecule has 0 saturated heterocycles. The number of hydrogen-bond acceptors (Lipinski definition) is 3. The van der Waals surface area contributed by atoms with Gasteiger partial charge in [0.05, 0.1) is 23.1 Å². The van der Waals surface area contributed by atoms with Crippen LogP contribution < -0.4 is 10.2 Å². The largest absolute Gasteiger partial charge is 0.376 e. The van der Waals surface area contributed by atoms with Crippen molar-refractivity contribution in [3.05, 3.63) is 51.2 Å². The van der Waals surface area contributed by atoms with Crippen LogP contribution >= 0.6 is 31.9 Å². The van der Waals surface area contributed by atoms with E-state index in [1.807, 2.05) is 37.2 Å². The van der Waals surface area contributed by atoms with Crippen LogP contribution in [-0.4, -0.2) is 25.0 Å². The minimum absolute atomic E-state index is 0.186. The molecule has 1 aromatic carbocycles. The van der Waals surface area contributed by atoms with E-state index in [4.69, 9.17) is 0 Å². The van der Waals surface area contributed by atoms with Gasteiger partial charge in [0.25, 0.3) is 5.91 Å². The number of benzene rings is 1. The zero-order valence-corrected chi connectivity index (χ0v) is 14.2. The third-order valence-electron chi connectivity index (χ3n) is 2.70. The maximum atomic E-state index is 12.4. The lowest BCUT2D eigenvalue weighted by Gasteiger charge is -2.17. The molecule has 4 nitrogen and oxygen atoms in total. The fourth-order valence-electron chi connectivity index (χ4n) is 1.73. The normalized spacial score (nSPS) is 10.2. The van der Waals surface area contributed by atoms with Gasteiger partial charge in [0.1, 0.15) is 0 Å². The average Bonchev–Trinajstić information content (AvgIpc) is 2.41. The monoisotopic (exact) mass is 397 g/mol. The summed E-state index contributed by atoms with van der Waals surface area (Å²) >= 11 is 6.75. The Kier molecular flexibility index (Phi) is 4.77. The Morgan fingerprint density at radius 3 is 2.70 bits per heavy atom. The minimum atomic E-state index is -0.186. The highest BCUT2D eigenvalue weighted by atomic mass is 79.9. The van der Waals surface area contributed by atoms with Crippen molar-refractivity contribution >= 4 is 49.1 Å². The third-order valence-corrected chi connectivity index (χ3v) is 3.89. The van der Waals surface area contributed by atoms with E-state index in [-0.39, 0.29) is 5.91 Å². The van der Waals surface area contributed by atoms with Gasteiger partial charge in [-0.15, -0.1) is 0 Å². The van der Waals surface area contributed by atoms with Crippen LogP contribution in [0.25, 0.3) is 0 Å². The van der Waals surface area contributed by atoms with E-state index in [9.17, 15) is 4.79 Å². The van der Waals surface area contributed by atoms with Gasteiger partial charge in [0.2, 0.25) is 0 Å². The molecule has 104 valence electrons. The lowest BCUT2D eigenvalue weighted by Crippen LogP contribution is -2.17. The molecule has 0 spiro atoms. The molecule has 0 radical (unpaired) electrons. The summed E-state index contributed by atoms with van der Waals surface area (Å²) in [5.74, 6) is -0.186. The summed E-state index contributed by atoms with van der Waals surface area (Å²) in [5.41, 5.74) is 2.14. The topological polar surface area (TPSA) is 45.2 Å². The Labute approximate surface area is 134 Å². The predicted octanol–water partition coefficient (Wildman–Crippen LogP) is 3.92. The number of nitrogens with zero attached hydrogens (tertiary/aromatic N) is 2. The van der Waals surface area contributed by atoms with Crippen LogP contribution in [0.15, 0.2) is 45.6 Å². The summed E-state index contributed by atoms with van der Waals surface area (Å²) in [4.78, 5) is 18.3. The van der Waals surface area contributed by atoms with E-state index < -0.39 is 0 Å². The lowest BCUT2D eigenvalue weighted by molar-refractivity contribution is 0.102. The van der Waals surface area contributed by atoms with Gasteiger partial charge in [-0.2, -0.15) is 0 Å². The molecule has 0 aliphatic carbocycles. The standard InChI is InChI=1S/C14H13Br2N3O/c1-19(2)13-5-6-17-8-12(13)18-14(20)10-7-9(15)3-4-11(10)16/h3-8H,1-2H3,(H,18,20). The first-order chi connectivity index (χ1) is 9.49. The van der Waals surface area contributed by atoms with Gasteiger partial charge in [-0.25, -0.2) is 0 Å². The molecule has 0 atom stereocenters. The van der Waals surface area contributed by atoms with E-state index in [1.54, 1.807) is 18.5 Å². The highest BCUT2D eigenvalue weighted by Gasteiger charge is 2.13. The molecule has 2 aromatic rings. The summed E-state index contributed by atoms with van der Waals surface area (Å²) in [6.45, 7) is 0. The minimum Gasteiger partial charge on any atom is -0.376 e. The van der Waals surface area contributed by atoms with Crippen LogP contribution in [-0.2, 0) is 0 Å². The second kappa shape index (κ2) is 6.37. The fraction of sp³-hybridized carbons (Fsp3) is 0.143. The van der Waals surface area contributed by atoms with Crippen molar-refractivity contribution in [3.63, 3.8) is 0 Å². The van der Waals surface area contributed by atoms with Gasteiger partial charge in [0.15, 0.2) is 0 Å². The van der Waals surface area contributed by atoms with Crippen LogP contribution in [0.3, 0.4) is 0 Å². The van der Waals surface area contributed by atoms with Crippen LogP contribution in [0, 0.1) is 0 Å². The second-order valence-electron chi connectivity index (χ2n) is 4.37. The van der Waals surface area contributed by atoms with E-state index in [1.165, 1.54) is 0 Å². The first-order valence-corrected chi connectivity index (χ1v) is 7.45. The molecule has 0 saturated carbocycles. The summed E-state index contributed by atoms with van der Waals surface area (Å²) in [6, 6.07) is 7.32. The molecule has 6 heteroatoms. The number of aromatic nitrogens is 1. The van der Waals surface area contributed by atoms with E-state index in [2.05, 4.69) is 42.2 Å². The Balaban J connectivity index is 2.31. The van der Waals surface area contributed by atoms with Crippen molar-refractivity contribution in [1.82, 2.24) is 4.98 Å². The number of carbonyl (C=O) groups is 1. The van der Waals surface area contributed by atoms with Crippen molar-refractivity contribution in [2.75, 3.05) is 24.3 Å². The Morgan fingerprint density at radius 2 is 2.00 bits per heavy atom. The Morgan fingerprint density at radius 1 is 1.25 bits per heavy atom. The van der Waals surface area contributed by atoms with Crippen molar-refractivity contribution in [2.45, 2.75) is 0 Å². The second-order valence-corrected chi connectivity index (χ2v) is 6.14. The van der Waals surface area contributed by atoms with Crippen molar-refractivity contribution in [1.29, 1.82) is 0 Å².